The van der Waals surface area contributed by atoms with Crippen molar-refractivity contribution in [2.75, 3.05) is 34.4 Å². The maximum atomic E-state index is 13.1. The van der Waals surface area contributed by atoms with E-state index in [-0.39, 0.29) is 11.9 Å². The zero-order valence-electron chi connectivity index (χ0n) is 18.6. The van der Waals surface area contributed by atoms with Crippen molar-refractivity contribution in [3.8, 4) is 17.2 Å². The van der Waals surface area contributed by atoms with Gasteiger partial charge in [0.25, 0.3) is 5.91 Å². The molecule has 6 nitrogen and oxygen atoms in total. The highest BCUT2D eigenvalue weighted by Gasteiger charge is 2.27. The maximum Gasteiger partial charge on any atom is 0.255 e. The Kier molecular flexibility index (Phi) is 6.97. The van der Waals surface area contributed by atoms with Gasteiger partial charge in [0.05, 0.1) is 32.9 Å². The summed E-state index contributed by atoms with van der Waals surface area (Å²) < 4.78 is 16.2. The third-order valence-electron chi connectivity index (χ3n) is 5.93. The molecule has 1 atom stereocenters. The highest BCUT2D eigenvalue weighted by atomic mass is 32.1. The fraction of sp³-hybridized carbons (Fsp3) is 0.320. The molecule has 0 aliphatic carbocycles. The van der Waals surface area contributed by atoms with E-state index in [1.165, 1.54) is 30.9 Å². The van der Waals surface area contributed by atoms with E-state index in [0.29, 0.717) is 29.4 Å². The normalized spacial score (nSPS) is 14.3. The lowest BCUT2D eigenvalue weighted by Gasteiger charge is -2.35. The van der Waals surface area contributed by atoms with Crippen molar-refractivity contribution in [1.29, 1.82) is 0 Å². The fourth-order valence-corrected chi connectivity index (χ4v) is 4.98. The first-order valence-corrected chi connectivity index (χ1v) is 11.5. The van der Waals surface area contributed by atoms with Crippen LogP contribution in [0.3, 0.4) is 0 Å². The number of amides is 1. The number of carbonyl (C=O) groups is 1. The largest absolute Gasteiger partial charge is 0.493 e. The number of nitrogens with zero attached hydrogens (tertiary/aromatic N) is 1. The molecule has 0 bridgehead atoms. The van der Waals surface area contributed by atoms with Gasteiger partial charge in [0, 0.05) is 19.6 Å². The maximum absolute atomic E-state index is 13.1. The van der Waals surface area contributed by atoms with Crippen LogP contribution in [0.25, 0.3) is 0 Å². The van der Waals surface area contributed by atoms with Gasteiger partial charge >= 0.3 is 0 Å². The summed E-state index contributed by atoms with van der Waals surface area (Å²) >= 11 is 1.67. The molecule has 1 aliphatic heterocycles. The van der Waals surface area contributed by atoms with E-state index in [2.05, 4.69) is 51.3 Å². The molecule has 168 valence electrons. The van der Waals surface area contributed by atoms with E-state index >= 15 is 0 Å². The number of carbonyl (C=O) groups excluding carboxylic acids is 1. The van der Waals surface area contributed by atoms with Crippen molar-refractivity contribution in [3.05, 3.63) is 75.5 Å². The number of hydrogen-bond acceptors (Lipinski definition) is 6. The number of thiophene rings is 1. The molecule has 0 fully saturated rings. The van der Waals surface area contributed by atoms with Gasteiger partial charge in [-0.2, -0.15) is 11.3 Å². The van der Waals surface area contributed by atoms with Crippen LogP contribution in [0, 0.1) is 0 Å². The molecule has 3 aromatic rings. The molecule has 1 aliphatic rings. The van der Waals surface area contributed by atoms with Crippen molar-refractivity contribution in [1.82, 2.24) is 10.2 Å². The van der Waals surface area contributed by atoms with Gasteiger partial charge < -0.3 is 19.5 Å². The minimum atomic E-state index is -0.208. The summed E-state index contributed by atoms with van der Waals surface area (Å²) in [6.07, 6.45) is 1.01. The van der Waals surface area contributed by atoms with Crippen molar-refractivity contribution in [3.63, 3.8) is 0 Å². The first kappa shape index (κ1) is 22.2. The number of fused-ring (bicyclic) bond motifs is 1. The Labute approximate surface area is 192 Å². The van der Waals surface area contributed by atoms with Crippen LogP contribution in [0.5, 0.6) is 17.2 Å². The van der Waals surface area contributed by atoms with Crippen molar-refractivity contribution >= 4 is 17.2 Å². The predicted octanol–water partition coefficient (Wildman–Crippen LogP) is 4.30. The van der Waals surface area contributed by atoms with Crippen LogP contribution < -0.4 is 19.5 Å². The molecule has 1 N–H and O–H groups in total. The Bertz CT molecular complexity index is 1070. The molecule has 4 rings (SSSR count). The lowest BCUT2D eigenvalue weighted by molar-refractivity contribution is 0.0924. The topological polar surface area (TPSA) is 60.0 Å². The predicted molar refractivity (Wildman–Crippen MR) is 126 cm³/mol. The van der Waals surface area contributed by atoms with Crippen LogP contribution in [0.4, 0.5) is 0 Å². The van der Waals surface area contributed by atoms with E-state index < -0.39 is 0 Å². The Morgan fingerprint density at radius 1 is 1.03 bits per heavy atom. The molecule has 1 aromatic heterocycles. The van der Waals surface area contributed by atoms with Crippen molar-refractivity contribution in [2.45, 2.75) is 19.0 Å². The van der Waals surface area contributed by atoms with Crippen molar-refractivity contribution < 1.29 is 19.0 Å². The summed E-state index contributed by atoms with van der Waals surface area (Å²) in [5, 5.41) is 7.36. The van der Waals surface area contributed by atoms with E-state index in [4.69, 9.17) is 14.2 Å². The third-order valence-corrected chi connectivity index (χ3v) is 6.64. The summed E-state index contributed by atoms with van der Waals surface area (Å²) in [7, 11) is 4.61. The van der Waals surface area contributed by atoms with E-state index in [9.17, 15) is 4.79 Å². The Morgan fingerprint density at radius 3 is 2.50 bits per heavy atom. The highest BCUT2D eigenvalue weighted by Crippen LogP contribution is 2.39. The molecule has 7 heteroatoms. The Morgan fingerprint density at radius 2 is 1.81 bits per heavy atom. The Hall–Kier alpha value is -3.03. The minimum absolute atomic E-state index is 0.0877. The van der Waals surface area contributed by atoms with Gasteiger partial charge in [0.15, 0.2) is 11.5 Å². The average Bonchev–Trinajstić information content (AvgIpc) is 3.37. The number of ether oxygens (including phenoxy) is 3. The van der Waals surface area contributed by atoms with Gasteiger partial charge in [-0.15, -0.1) is 0 Å². The number of nitrogens with one attached hydrogen (secondary N) is 1. The average molecular weight is 453 g/mol. The molecular formula is C25H28N2O4S. The highest BCUT2D eigenvalue weighted by molar-refractivity contribution is 7.08. The summed E-state index contributed by atoms with van der Waals surface area (Å²) in [6, 6.07) is 14.2. The van der Waals surface area contributed by atoms with E-state index in [1.807, 2.05) is 0 Å². The van der Waals surface area contributed by atoms with E-state index in [0.717, 1.165) is 19.5 Å². The molecule has 2 aromatic carbocycles. The standard InChI is InChI=1S/C25H28N2O4S/c1-29-22-9-8-20(23(30-2)24(22)31-3)25(28)26-14-21(19-11-13-32-16-19)27-12-10-17-6-4-5-7-18(17)15-27/h4-9,11,13,16,21H,10,12,14-15H2,1-3H3,(H,26,28). The zero-order chi connectivity index (χ0) is 22.5. The van der Waals surface area contributed by atoms with Crippen LogP contribution in [-0.2, 0) is 13.0 Å². The zero-order valence-corrected chi connectivity index (χ0v) is 19.4. The second kappa shape index (κ2) is 10.1. The van der Waals surface area contributed by atoms with Crippen LogP contribution in [-0.4, -0.2) is 45.2 Å². The lowest BCUT2D eigenvalue weighted by atomic mass is 9.97. The molecule has 32 heavy (non-hydrogen) atoms. The summed E-state index contributed by atoms with van der Waals surface area (Å²) in [5.74, 6) is 1.08. The van der Waals surface area contributed by atoms with Gasteiger partial charge in [0.1, 0.15) is 0 Å². The monoisotopic (exact) mass is 452 g/mol. The Balaban J connectivity index is 1.54. The molecule has 0 spiro atoms. The number of hydrogen-bond donors (Lipinski definition) is 1. The van der Waals surface area contributed by atoms with Gasteiger partial charge in [-0.3, -0.25) is 9.69 Å². The third kappa shape index (κ3) is 4.45. The summed E-state index contributed by atoms with van der Waals surface area (Å²) in [5.41, 5.74) is 4.39. The van der Waals surface area contributed by atoms with Gasteiger partial charge in [0.2, 0.25) is 5.75 Å². The summed E-state index contributed by atoms with van der Waals surface area (Å²) in [6.45, 7) is 2.31. The quantitative estimate of drug-likeness (QED) is 0.552. The first-order valence-electron chi connectivity index (χ1n) is 10.6. The van der Waals surface area contributed by atoms with Gasteiger partial charge in [-0.05, 0) is 52.1 Å². The SMILES string of the molecule is COc1ccc(C(=O)NCC(c2ccsc2)N2CCc3ccccc3C2)c(OC)c1OC. The first-order chi connectivity index (χ1) is 15.7. The molecule has 1 amide bonds. The molecule has 0 radical (unpaired) electrons. The molecule has 0 saturated heterocycles. The number of methoxy groups -OCH3 is 3. The van der Waals surface area contributed by atoms with Crippen LogP contribution in [0.1, 0.15) is 33.1 Å². The van der Waals surface area contributed by atoms with Crippen molar-refractivity contribution in [2.24, 2.45) is 0 Å². The van der Waals surface area contributed by atoms with Gasteiger partial charge in [-0.25, -0.2) is 0 Å². The fourth-order valence-electron chi connectivity index (χ4n) is 4.27. The lowest BCUT2D eigenvalue weighted by Crippen LogP contribution is -2.40. The van der Waals surface area contributed by atoms with E-state index in [1.54, 1.807) is 30.6 Å². The molecule has 0 saturated carbocycles. The van der Waals surface area contributed by atoms with Crippen LogP contribution in [0.15, 0.2) is 53.2 Å². The molecule has 2 heterocycles. The molecular weight excluding hydrogens is 424 g/mol. The number of rotatable bonds is 8. The van der Waals surface area contributed by atoms with Crippen LogP contribution in [0.2, 0.25) is 0 Å². The second-order valence-electron chi connectivity index (χ2n) is 7.65. The van der Waals surface area contributed by atoms with Crippen LogP contribution >= 0.6 is 11.3 Å². The molecule has 1 unspecified atom stereocenters. The smallest absolute Gasteiger partial charge is 0.255 e. The number of benzene rings is 2. The second-order valence-corrected chi connectivity index (χ2v) is 8.43. The van der Waals surface area contributed by atoms with Gasteiger partial charge in [-0.1, -0.05) is 24.3 Å². The minimum Gasteiger partial charge on any atom is -0.493 e. The summed E-state index contributed by atoms with van der Waals surface area (Å²) in [4.78, 5) is 15.6.